The normalized spacial score (nSPS) is 27.8. The fraction of sp³-hybridized carbons (Fsp3) is 0.500. The number of allylic oxidation sites excluding steroid dienone is 1. The Morgan fingerprint density at radius 1 is 1.58 bits per heavy atom. The highest BCUT2D eigenvalue weighted by Crippen LogP contribution is 2.18. The van der Waals surface area contributed by atoms with Gasteiger partial charge < -0.3 is 15.4 Å². The van der Waals surface area contributed by atoms with E-state index in [1.807, 2.05) is 0 Å². The Hall–Kier alpha value is -0.610. The third-order valence-electron chi connectivity index (χ3n) is 1.55. The number of alkyl halides is 1. The minimum Gasteiger partial charge on any atom is -0.485 e. The van der Waals surface area contributed by atoms with E-state index in [0.29, 0.717) is 17.5 Å². The standard InChI is InChI=1S/C6H7Cl2N3O/c7-4-3-5(9-1-2-12-3)11-6(8)10-4/h6,9,11H,1-2H2. The van der Waals surface area contributed by atoms with E-state index in [1.54, 1.807) is 0 Å². The molecule has 0 saturated carbocycles. The lowest BCUT2D eigenvalue weighted by Gasteiger charge is -2.27. The van der Waals surface area contributed by atoms with E-state index in [2.05, 4.69) is 15.6 Å². The lowest BCUT2D eigenvalue weighted by Crippen LogP contribution is -2.41. The first kappa shape index (κ1) is 8.01. The van der Waals surface area contributed by atoms with E-state index in [-0.39, 0.29) is 0 Å². The number of ether oxygens (including phenoxy) is 1. The molecule has 2 heterocycles. The Labute approximate surface area is 79.6 Å². The predicted octanol–water partition coefficient (Wildman–Crippen LogP) is 0.538. The lowest BCUT2D eigenvalue weighted by atomic mass is 10.4. The minimum atomic E-state index is -0.509. The summed E-state index contributed by atoms with van der Waals surface area (Å²) in [5.74, 6) is 1.28. The van der Waals surface area contributed by atoms with Crippen LogP contribution in [0.4, 0.5) is 0 Å². The van der Waals surface area contributed by atoms with Crippen LogP contribution in [0.5, 0.6) is 0 Å². The molecule has 0 radical (unpaired) electrons. The Balaban J connectivity index is 2.29. The first-order valence-electron chi connectivity index (χ1n) is 3.52. The highest BCUT2D eigenvalue weighted by Gasteiger charge is 2.24. The predicted molar refractivity (Wildman–Crippen MR) is 47.0 cm³/mol. The molecule has 66 valence electrons. The molecular formula is C6H7Cl2N3O. The van der Waals surface area contributed by atoms with Gasteiger partial charge in [0.1, 0.15) is 12.4 Å². The molecule has 2 rings (SSSR count). The third-order valence-corrected chi connectivity index (χ3v) is 2.03. The number of aliphatic imine (C=N–C) groups is 1. The van der Waals surface area contributed by atoms with Crippen molar-refractivity contribution in [1.29, 1.82) is 0 Å². The van der Waals surface area contributed by atoms with Gasteiger partial charge in [-0.2, -0.15) is 0 Å². The maximum absolute atomic E-state index is 5.79. The molecule has 0 aromatic heterocycles. The molecule has 1 unspecified atom stereocenters. The van der Waals surface area contributed by atoms with E-state index < -0.39 is 5.62 Å². The lowest BCUT2D eigenvalue weighted by molar-refractivity contribution is 0.203. The van der Waals surface area contributed by atoms with Crippen molar-refractivity contribution < 1.29 is 4.74 Å². The van der Waals surface area contributed by atoms with Crippen LogP contribution in [0.25, 0.3) is 0 Å². The molecule has 2 N–H and O–H groups in total. The molecule has 0 bridgehead atoms. The Kier molecular flexibility index (Phi) is 2.02. The van der Waals surface area contributed by atoms with Gasteiger partial charge in [0.15, 0.2) is 16.6 Å². The zero-order chi connectivity index (χ0) is 8.55. The van der Waals surface area contributed by atoms with Crippen LogP contribution in [-0.4, -0.2) is 23.9 Å². The average Bonchev–Trinajstić information content (AvgIpc) is 2.04. The second-order valence-corrected chi connectivity index (χ2v) is 3.15. The van der Waals surface area contributed by atoms with E-state index in [9.17, 15) is 0 Å². The van der Waals surface area contributed by atoms with Gasteiger partial charge in [-0.3, -0.25) is 0 Å². The summed E-state index contributed by atoms with van der Waals surface area (Å²) in [7, 11) is 0. The average molecular weight is 208 g/mol. The summed E-state index contributed by atoms with van der Waals surface area (Å²) in [5, 5.41) is 6.28. The van der Waals surface area contributed by atoms with Crippen LogP contribution in [-0.2, 0) is 4.74 Å². The van der Waals surface area contributed by atoms with Gasteiger partial charge in [0.2, 0.25) is 0 Å². The number of nitrogens with one attached hydrogen (secondary N) is 2. The van der Waals surface area contributed by atoms with Gasteiger partial charge in [-0.25, -0.2) is 4.99 Å². The molecule has 2 aliphatic rings. The molecule has 0 aliphatic carbocycles. The zero-order valence-electron chi connectivity index (χ0n) is 6.10. The second kappa shape index (κ2) is 3.03. The van der Waals surface area contributed by atoms with E-state index in [0.717, 1.165) is 12.4 Å². The summed E-state index contributed by atoms with van der Waals surface area (Å²) >= 11 is 11.5. The maximum atomic E-state index is 5.79. The highest BCUT2D eigenvalue weighted by molar-refractivity contribution is 6.69. The van der Waals surface area contributed by atoms with Crippen molar-refractivity contribution >= 4 is 28.4 Å². The summed E-state index contributed by atoms with van der Waals surface area (Å²) < 4.78 is 5.28. The molecule has 0 aromatic rings. The smallest absolute Gasteiger partial charge is 0.198 e. The zero-order valence-corrected chi connectivity index (χ0v) is 7.61. The van der Waals surface area contributed by atoms with Crippen LogP contribution in [0.1, 0.15) is 0 Å². The van der Waals surface area contributed by atoms with E-state index >= 15 is 0 Å². The van der Waals surface area contributed by atoms with Gasteiger partial charge in [0.05, 0.1) is 6.54 Å². The van der Waals surface area contributed by atoms with E-state index in [1.165, 1.54) is 0 Å². The highest BCUT2D eigenvalue weighted by atomic mass is 35.5. The summed E-state index contributed by atoms with van der Waals surface area (Å²) in [4.78, 5) is 3.88. The molecule has 0 spiro atoms. The second-order valence-electron chi connectivity index (χ2n) is 2.38. The fourth-order valence-electron chi connectivity index (χ4n) is 1.07. The van der Waals surface area contributed by atoms with Gasteiger partial charge >= 0.3 is 0 Å². The number of halogens is 2. The molecule has 0 saturated heterocycles. The summed E-state index contributed by atoms with van der Waals surface area (Å²) in [6.07, 6.45) is 0. The first-order valence-corrected chi connectivity index (χ1v) is 4.34. The van der Waals surface area contributed by atoms with Crippen molar-refractivity contribution in [2.75, 3.05) is 13.2 Å². The van der Waals surface area contributed by atoms with Crippen LogP contribution in [0.2, 0.25) is 0 Å². The largest absolute Gasteiger partial charge is 0.485 e. The van der Waals surface area contributed by atoms with Crippen molar-refractivity contribution in [2.45, 2.75) is 5.62 Å². The molecule has 6 heteroatoms. The topological polar surface area (TPSA) is 45.7 Å². The van der Waals surface area contributed by atoms with Crippen molar-refractivity contribution in [3.8, 4) is 0 Å². The monoisotopic (exact) mass is 207 g/mol. The quantitative estimate of drug-likeness (QED) is 0.451. The molecular weight excluding hydrogens is 201 g/mol. The summed E-state index contributed by atoms with van der Waals surface area (Å²) in [6, 6.07) is 0. The van der Waals surface area contributed by atoms with Crippen molar-refractivity contribution in [1.82, 2.24) is 10.6 Å². The van der Waals surface area contributed by atoms with Gasteiger partial charge in [-0.05, 0) is 0 Å². The molecule has 0 amide bonds. The van der Waals surface area contributed by atoms with Crippen LogP contribution in [0.3, 0.4) is 0 Å². The number of hydrogen-bond acceptors (Lipinski definition) is 4. The number of rotatable bonds is 0. The summed E-state index contributed by atoms with van der Waals surface area (Å²) in [5.41, 5.74) is -0.509. The Bertz CT molecular complexity index is 264. The van der Waals surface area contributed by atoms with Crippen molar-refractivity contribution in [3.63, 3.8) is 0 Å². The third kappa shape index (κ3) is 1.32. The maximum Gasteiger partial charge on any atom is 0.198 e. The van der Waals surface area contributed by atoms with Crippen molar-refractivity contribution in [2.24, 2.45) is 4.99 Å². The molecule has 4 nitrogen and oxygen atoms in total. The van der Waals surface area contributed by atoms with Gasteiger partial charge in [-0.15, -0.1) is 0 Å². The molecule has 2 aliphatic heterocycles. The van der Waals surface area contributed by atoms with Crippen LogP contribution < -0.4 is 10.6 Å². The van der Waals surface area contributed by atoms with Crippen LogP contribution in [0.15, 0.2) is 16.6 Å². The first-order chi connectivity index (χ1) is 5.77. The molecule has 1 atom stereocenters. The summed E-state index contributed by atoms with van der Waals surface area (Å²) in [6.45, 7) is 1.35. The number of hydrogen-bond donors (Lipinski definition) is 2. The Morgan fingerprint density at radius 2 is 2.42 bits per heavy atom. The fourth-order valence-corrected chi connectivity index (χ4v) is 1.57. The number of nitrogens with zero attached hydrogens (tertiary/aromatic N) is 1. The molecule has 12 heavy (non-hydrogen) atoms. The molecule has 0 fully saturated rings. The van der Waals surface area contributed by atoms with Gasteiger partial charge in [0, 0.05) is 0 Å². The van der Waals surface area contributed by atoms with Crippen LogP contribution >= 0.6 is 23.2 Å². The SMILES string of the molecule is ClC1=NC(Cl)NC2=C1OCCN2. The van der Waals surface area contributed by atoms with Crippen LogP contribution in [0, 0.1) is 0 Å². The minimum absolute atomic E-state index is 0.316. The Morgan fingerprint density at radius 3 is 3.25 bits per heavy atom. The van der Waals surface area contributed by atoms with Crippen molar-refractivity contribution in [3.05, 3.63) is 11.6 Å². The molecule has 0 aromatic carbocycles. The van der Waals surface area contributed by atoms with E-state index in [4.69, 9.17) is 27.9 Å². The van der Waals surface area contributed by atoms with Gasteiger partial charge in [0.25, 0.3) is 0 Å². The van der Waals surface area contributed by atoms with Gasteiger partial charge in [-0.1, -0.05) is 23.2 Å².